The lowest BCUT2D eigenvalue weighted by atomic mass is 10.1. The van der Waals surface area contributed by atoms with Gasteiger partial charge in [0.2, 0.25) is 0 Å². The highest BCUT2D eigenvalue weighted by molar-refractivity contribution is 6.01. The maximum absolute atomic E-state index is 11.7. The highest BCUT2D eigenvalue weighted by Gasteiger charge is 2.32. The average Bonchev–Trinajstić information content (AvgIpc) is 2.98. The van der Waals surface area contributed by atoms with Gasteiger partial charge in [0, 0.05) is 25.6 Å². The lowest BCUT2D eigenvalue weighted by Crippen LogP contribution is -2.32. The molecule has 0 aliphatic carbocycles. The van der Waals surface area contributed by atoms with Crippen LogP contribution in [0.1, 0.15) is 38.8 Å². The van der Waals surface area contributed by atoms with E-state index in [0.29, 0.717) is 16.7 Å². The number of hydrogen-bond donors (Lipinski definition) is 0. The summed E-state index contributed by atoms with van der Waals surface area (Å²) in [6.07, 6.45) is 4.59. The number of imidazole rings is 1. The Morgan fingerprint density at radius 2 is 2.00 bits per heavy atom. The highest BCUT2D eigenvalue weighted by Crippen LogP contribution is 2.13. The molecule has 1 aliphatic rings. The molecule has 0 unspecified atom stereocenters. The van der Waals surface area contributed by atoms with Crippen LogP contribution < -0.4 is 0 Å². The Morgan fingerprint density at radius 1 is 1.33 bits per heavy atom. The third kappa shape index (κ3) is 4.14. The van der Waals surface area contributed by atoms with E-state index in [1.54, 1.807) is 12.5 Å². The summed E-state index contributed by atoms with van der Waals surface area (Å²) in [5.74, 6) is -1.02. The second-order valence-corrected chi connectivity index (χ2v) is 5.51. The van der Waals surface area contributed by atoms with Gasteiger partial charge in [0.05, 0.1) is 18.4 Å². The van der Waals surface area contributed by atoms with E-state index in [1.165, 1.54) is 0 Å². The van der Waals surface area contributed by atoms with Crippen LogP contribution >= 0.6 is 0 Å². The zero-order valence-electron chi connectivity index (χ0n) is 12.2. The van der Waals surface area contributed by atoms with E-state index in [4.69, 9.17) is 4.84 Å². The Bertz CT molecular complexity index is 534. The molecule has 1 aliphatic heterocycles. The van der Waals surface area contributed by atoms with Crippen LogP contribution in [-0.2, 0) is 32.2 Å². The fraction of sp³-hybridized carbons (Fsp3) is 0.571. The first kappa shape index (κ1) is 15.2. The Labute approximate surface area is 122 Å². The predicted octanol–water partition coefficient (Wildman–Crippen LogP) is 1.08. The topological polar surface area (TPSA) is 81.5 Å². The molecule has 1 saturated heterocycles. The molecule has 7 heteroatoms. The molecule has 0 aromatic carbocycles. The minimum atomic E-state index is -0.660. The molecule has 1 fully saturated rings. The molecular formula is C14H19N3O4. The van der Waals surface area contributed by atoms with Gasteiger partial charge in [-0.2, -0.15) is 0 Å². The fourth-order valence-electron chi connectivity index (χ4n) is 1.97. The standard InChI is InChI=1S/C14H19N3O4/c1-10(2)5-6-16-8-11(15-9-16)7-14(20)21-17-12(18)3-4-13(17)19/h8-10H,3-7H2,1-2H3. The maximum Gasteiger partial charge on any atom is 0.339 e. The van der Waals surface area contributed by atoms with Gasteiger partial charge >= 0.3 is 5.97 Å². The minimum absolute atomic E-state index is 0.0638. The van der Waals surface area contributed by atoms with Crippen molar-refractivity contribution in [2.75, 3.05) is 0 Å². The number of hydrogen-bond acceptors (Lipinski definition) is 5. The SMILES string of the molecule is CC(C)CCn1cnc(CC(=O)ON2C(=O)CCC2=O)c1. The van der Waals surface area contributed by atoms with Crippen LogP contribution in [0, 0.1) is 5.92 Å². The van der Waals surface area contributed by atoms with Crippen LogP contribution in [0.4, 0.5) is 0 Å². The van der Waals surface area contributed by atoms with Gasteiger partial charge in [-0.1, -0.05) is 13.8 Å². The van der Waals surface area contributed by atoms with Gasteiger partial charge in [-0.05, 0) is 12.3 Å². The Balaban J connectivity index is 1.85. The number of hydroxylamine groups is 2. The molecule has 1 aromatic rings. The largest absolute Gasteiger partial charge is 0.339 e. The summed E-state index contributed by atoms with van der Waals surface area (Å²) in [5.41, 5.74) is 0.558. The fourth-order valence-corrected chi connectivity index (χ4v) is 1.97. The van der Waals surface area contributed by atoms with E-state index in [1.807, 2.05) is 4.57 Å². The van der Waals surface area contributed by atoms with E-state index in [2.05, 4.69) is 18.8 Å². The molecule has 0 spiro atoms. The third-order valence-corrected chi connectivity index (χ3v) is 3.18. The molecule has 0 bridgehead atoms. The van der Waals surface area contributed by atoms with Crippen molar-refractivity contribution >= 4 is 17.8 Å². The number of aryl methyl sites for hydroxylation is 1. The second-order valence-electron chi connectivity index (χ2n) is 5.51. The molecule has 2 amide bonds. The quantitative estimate of drug-likeness (QED) is 0.733. The Morgan fingerprint density at radius 3 is 2.62 bits per heavy atom. The highest BCUT2D eigenvalue weighted by atomic mass is 16.7. The molecule has 0 saturated carbocycles. The number of aromatic nitrogens is 2. The van der Waals surface area contributed by atoms with Crippen molar-refractivity contribution in [1.82, 2.24) is 14.6 Å². The van der Waals surface area contributed by atoms with Gasteiger partial charge in [0.1, 0.15) is 0 Å². The van der Waals surface area contributed by atoms with Crippen molar-refractivity contribution in [3.63, 3.8) is 0 Å². The van der Waals surface area contributed by atoms with Crippen LogP contribution in [-0.4, -0.2) is 32.4 Å². The third-order valence-electron chi connectivity index (χ3n) is 3.18. The maximum atomic E-state index is 11.7. The molecule has 0 N–H and O–H groups in total. The van der Waals surface area contributed by atoms with Gasteiger partial charge in [-0.3, -0.25) is 9.59 Å². The van der Waals surface area contributed by atoms with E-state index in [0.717, 1.165) is 13.0 Å². The smallest absolute Gasteiger partial charge is 0.337 e. The number of amides is 2. The molecule has 0 radical (unpaired) electrons. The lowest BCUT2D eigenvalue weighted by molar-refractivity contribution is -0.197. The monoisotopic (exact) mass is 293 g/mol. The van der Waals surface area contributed by atoms with E-state index in [-0.39, 0.29) is 19.3 Å². The normalized spacial score (nSPS) is 15.1. The summed E-state index contributed by atoms with van der Waals surface area (Å²) in [7, 11) is 0. The van der Waals surface area contributed by atoms with Crippen molar-refractivity contribution in [2.45, 2.75) is 46.1 Å². The predicted molar refractivity (Wildman–Crippen MR) is 72.6 cm³/mol. The summed E-state index contributed by atoms with van der Waals surface area (Å²) in [5, 5.41) is 0.554. The molecule has 0 atom stereocenters. The molecule has 114 valence electrons. The number of imide groups is 1. The van der Waals surface area contributed by atoms with E-state index < -0.39 is 17.8 Å². The summed E-state index contributed by atoms with van der Waals surface area (Å²) in [4.78, 5) is 43.3. The number of nitrogens with zero attached hydrogens (tertiary/aromatic N) is 3. The van der Waals surface area contributed by atoms with Crippen LogP contribution in [0.15, 0.2) is 12.5 Å². The molecule has 7 nitrogen and oxygen atoms in total. The Kier molecular flexibility index (Phi) is 4.72. The summed E-state index contributed by atoms with van der Waals surface area (Å²) in [6, 6.07) is 0. The summed E-state index contributed by atoms with van der Waals surface area (Å²) >= 11 is 0. The molecular weight excluding hydrogens is 274 g/mol. The van der Waals surface area contributed by atoms with Gasteiger partial charge in [0.15, 0.2) is 0 Å². The first-order chi connectivity index (χ1) is 9.95. The number of carbonyl (C=O) groups is 3. The Hall–Kier alpha value is -2.18. The number of carbonyl (C=O) groups excluding carboxylic acids is 3. The lowest BCUT2D eigenvalue weighted by Gasteiger charge is -2.11. The van der Waals surface area contributed by atoms with Crippen LogP contribution in [0.3, 0.4) is 0 Å². The first-order valence-electron chi connectivity index (χ1n) is 7.03. The van der Waals surface area contributed by atoms with Crippen LogP contribution in [0.25, 0.3) is 0 Å². The molecule has 1 aromatic heterocycles. The van der Waals surface area contributed by atoms with Crippen molar-refractivity contribution < 1.29 is 19.2 Å². The molecule has 2 rings (SSSR count). The molecule has 2 heterocycles. The molecule has 21 heavy (non-hydrogen) atoms. The van der Waals surface area contributed by atoms with Gasteiger partial charge < -0.3 is 9.40 Å². The van der Waals surface area contributed by atoms with E-state index in [9.17, 15) is 14.4 Å². The van der Waals surface area contributed by atoms with Crippen molar-refractivity contribution in [3.05, 3.63) is 18.2 Å². The van der Waals surface area contributed by atoms with Gasteiger partial charge in [-0.15, -0.1) is 5.06 Å². The second kappa shape index (κ2) is 6.51. The zero-order valence-corrected chi connectivity index (χ0v) is 12.2. The van der Waals surface area contributed by atoms with Gasteiger partial charge in [-0.25, -0.2) is 9.78 Å². The minimum Gasteiger partial charge on any atom is -0.337 e. The van der Waals surface area contributed by atoms with Crippen LogP contribution in [0.2, 0.25) is 0 Å². The summed E-state index contributed by atoms with van der Waals surface area (Å²) < 4.78 is 1.91. The first-order valence-corrected chi connectivity index (χ1v) is 7.03. The summed E-state index contributed by atoms with van der Waals surface area (Å²) in [6.45, 7) is 5.11. The van der Waals surface area contributed by atoms with Crippen molar-refractivity contribution in [2.24, 2.45) is 5.92 Å². The average molecular weight is 293 g/mol. The van der Waals surface area contributed by atoms with Crippen molar-refractivity contribution in [1.29, 1.82) is 0 Å². The van der Waals surface area contributed by atoms with E-state index >= 15 is 0 Å². The van der Waals surface area contributed by atoms with Crippen LogP contribution in [0.5, 0.6) is 0 Å². The van der Waals surface area contributed by atoms with Crippen molar-refractivity contribution in [3.8, 4) is 0 Å². The zero-order chi connectivity index (χ0) is 15.4. The number of rotatable bonds is 6. The van der Waals surface area contributed by atoms with Gasteiger partial charge in [0.25, 0.3) is 11.8 Å².